The minimum absolute atomic E-state index is 0.0633. The van der Waals surface area contributed by atoms with Crippen molar-refractivity contribution in [2.75, 3.05) is 5.75 Å². The number of hydrogen-bond donors (Lipinski definition) is 2. The average Bonchev–Trinajstić information content (AvgIpc) is 1.65. The van der Waals surface area contributed by atoms with Crippen LogP contribution in [0.3, 0.4) is 0 Å². The van der Waals surface area contributed by atoms with Gasteiger partial charge in [-0.1, -0.05) is 6.08 Å². The van der Waals surface area contributed by atoms with Crippen LogP contribution < -0.4 is 5.73 Å². The molecule has 0 saturated carbocycles. The van der Waals surface area contributed by atoms with Crippen molar-refractivity contribution in [3.05, 3.63) is 12.7 Å². The molecule has 1 unspecified atom stereocenters. The lowest BCUT2D eigenvalue weighted by Gasteiger charge is -1.94. The summed E-state index contributed by atoms with van der Waals surface area (Å²) >= 11 is 3.90. The number of rotatable bonds is 2. The Balaban J connectivity index is 2.96. The van der Waals surface area contributed by atoms with E-state index in [1.54, 1.807) is 6.08 Å². The van der Waals surface area contributed by atoms with Crippen molar-refractivity contribution in [1.82, 2.24) is 0 Å². The molecule has 0 fully saturated rings. The van der Waals surface area contributed by atoms with Crippen LogP contribution in [-0.4, -0.2) is 11.8 Å². The van der Waals surface area contributed by atoms with E-state index >= 15 is 0 Å². The first-order valence-corrected chi connectivity index (χ1v) is 2.43. The molecule has 6 heavy (non-hydrogen) atoms. The van der Waals surface area contributed by atoms with E-state index in [4.69, 9.17) is 5.73 Å². The van der Waals surface area contributed by atoms with E-state index in [9.17, 15) is 0 Å². The molecule has 0 radical (unpaired) electrons. The van der Waals surface area contributed by atoms with Gasteiger partial charge in [-0.25, -0.2) is 0 Å². The zero-order chi connectivity index (χ0) is 4.99. The van der Waals surface area contributed by atoms with Crippen molar-refractivity contribution in [2.24, 2.45) is 5.73 Å². The molecular formula is C4H9NS. The smallest absolute Gasteiger partial charge is 0.0310 e. The van der Waals surface area contributed by atoms with Crippen molar-refractivity contribution in [3.8, 4) is 0 Å². The topological polar surface area (TPSA) is 26.0 Å². The van der Waals surface area contributed by atoms with Crippen LogP contribution in [-0.2, 0) is 0 Å². The van der Waals surface area contributed by atoms with Crippen LogP contribution >= 0.6 is 12.6 Å². The fourth-order valence-corrected chi connectivity index (χ4v) is 0.224. The molecule has 0 heterocycles. The van der Waals surface area contributed by atoms with Crippen molar-refractivity contribution in [1.29, 1.82) is 0 Å². The van der Waals surface area contributed by atoms with Gasteiger partial charge in [0, 0.05) is 11.8 Å². The van der Waals surface area contributed by atoms with Crippen molar-refractivity contribution in [3.63, 3.8) is 0 Å². The van der Waals surface area contributed by atoms with E-state index in [1.165, 1.54) is 0 Å². The molecular weight excluding hydrogens is 94.1 g/mol. The van der Waals surface area contributed by atoms with Crippen LogP contribution in [0.1, 0.15) is 0 Å². The highest BCUT2D eigenvalue weighted by atomic mass is 32.1. The summed E-state index contributed by atoms with van der Waals surface area (Å²) in [4.78, 5) is 0. The van der Waals surface area contributed by atoms with E-state index in [0.29, 0.717) is 5.75 Å². The molecule has 0 amide bonds. The van der Waals surface area contributed by atoms with Gasteiger partial charge < -0.3 is 5.73 Å². The van der Waals surface area contributed by atoms with E-state index in [0.717, 1.165) is 0 Å². The largest absolute Gasteiger partial charge is 0.324 e. The lowest BCUT2D eigenvalue weighted by molar-refractivity contribution is 0.947. The molecule has 0 aromatic heterocycles. The van der Waals surface area contributed by atoms with Gasteiger partial charge in [0.2, 0.25) is 0 Å². The molecule has 2 N–H and O–H groups in total. The summed E-state index contributed by atoms with van der Waals surface area (Å²) in [5.74, 6) is 0.684. The van der Waals surface area contributed by atoms with Gasteiger partial charge in [-0.15, -0.1) is 6.58 Å². The third-order valence-corrected chi connectivity index (χ3v) is 0.935. The predicted molar refractivity (Wildman–Crippen MR) is 32.0 cm³/mol. The van der Waals surface area contributed by atoms with E-state index in [-0.39, 0.29) is 6.04 Å². The molecule has 0 bridgehead atoms. The number of thiol groups is 1. The zero-order valence-electron chi connectivity index (χ0n) is 3.59. The molecule has 36 valence electrons. The maximum atomic E-state index is 5.28. The van der Waals surface area contributed by atoms with Crippen molar-refractivity contribution >= 4 is 12.6 Å². The normalized spacial score (nSPS) is 13.7. The number of hydrogen-bond acceptors (Lipinski definition) is 2. The maximum absolute atomic E-state index is 5.28. The molecule has 1 atom stereocenters. The summed E-state index contributed by atoms with van der Waals surface area (Å²) in [5, 5.41) is 0. The first-order chi connectivity index (χ1) is 2.81. The summed E-state index contributed by atoms with van der Waals surface area (Å²) in [6, 6.07) is 0.0633. The molecule has 0 aliphatic rings. The second kappa shape index (κ2) is 3.25. The monoisotopic (exact) mass is 103 g/mol. The van der Waals surface area contributed by atoms with Gasteiger partial charge in [0.05, 0.1) is 0 Å². The zero-order valence-corrected chi connectivity index (χ0v) is 4.49. The average molecular weight is 103 g/mol. The van der Waals surface area contributed by atoms with Crippen LogP contribution in [0.25, 0.3) is 0 Å². The third kappa shape index (κ3) is 2.30. The van der Waals surface area contributed by atoms with E-state index < -0.39 is 0 Å². The summed E-state index contributed by atoms with van der Waals surface area (Å²) < 4.78 is 0. The Labute approximate surface area is 43.6 Å². The molecule has 0 aromatic carbocycles. The van der Waals surface area contributed by atoms with Crippen LogP contribution in [0.2, 0.25) is 0 Å². The standard InChI is InChI=1S/C4H9NS/c1-2-4(5)3-6/h2,4,6H,1,3,5H2. The second-order valence-corrected chi connectivity index (χ2v) is 1.45. The van der Waals surface area contributed by atoms with Gasteiger partial charge in [0.15, 0.2) is 0 Å². The van der Waals surface area contributed by atoms with Gasteiger partial charge in [-0.05, 0) is 0 Å². The minimum atomic E-state index is 0.0633. The first-order valence-electron chi connectivity index (χ1n) is 1.80. The van der Waals surface area contributed by atoms with Crippen LogP contribution in [0.15, 0.2) is 12.7 Å². The highest BCUT2D eigenvalue weighted by molar-refractivity contribution is 7.80. The highest BCUT2D eigenvalue weighted by Gasteiger charge is 1.84. The fraction of sp³-hybridized carbons (Fsp3) is 0.500. The second-order valence-electron chi connectivity index (χ2n) is 1.08. The molecule has 0 aliphatic heterocycles. The first kappa shape index (κ1) is 6.05. The third-order valence-electron chi connectivity index (χ3n) is 0.514. The fourth-order valence-electron chi connectivity index (χ4n) is 0.0745. The van der Waals surface area contributed by atoms with Crippen molar-refractivity contribution in [2.45, 2.75) is 6.04 Å². The van der Waals surface area contributed by atoms with Gasteiger partial charge in [0.1, 0.15) is 0 Å². The Kier molecular flexibility index (Phi) is 3.28. The van der Waals surface area contributed by atoms with Gasteiger partial charge in [-0.2, -0.15) is 12.6 Å². The molecule has 0 aromatic rings. The molecule has 2 heteroatoms. The summed E-state index contributed by atoms with van der Waals surface area (Å²) in [7, 11) is 0. The quantitative estimate of drug-likeness (QED) is 0.384. The molecule has 0 rings (SSSR count). The van der Waals surface area contributed by atoms with E-state index in [1.807, 2.05) is 0 Å². The summed E-state index contributed by atoms with van der Waals surface area (Å²) in [5.41, 5.74) is 5.28. The van der Waals surface area contributed by atoms with Crippen LogP contribution in [0.4, 0.5) is 0 Å². The van der Waals surface area contributed by atoms with Gasteiger partial charge in [0.25, 0.3) is 0 Å². The SMILES string of the molecule is C=CC(N)CS. The van der Waals surface area contributed by atoms with Gasteiger partial charge >= 0.3 is 0 Å². The maximum Gasteiger partial charge on any atom is 0.0310 e. The predicted octanol–water partition coefficient (Wildman–Crippen LogP) is 0.430. The van der Waals surface area contributed by atoms with Gasteiger partial charge in [-0.3, -0.25) is 0 Å². The highest BCUT2D eigenvalue weighted by Crippen LogP contribution is 1.79. The summed E-state index contributed by atoms with van der Waals surface area (Å²) in [6.07, 6.45) is 1.67. The van der Waals surface area contributed by atoms with E-state index in [2.05, 4.69) is 19.2 Å². The Morgan fingerprint density at radius 1 is 2.00 bits per heavy atom. The molecule has 0 saturated heterocycles. The van der Waals surface area contributed by atoms with Crippen LogP contribution in [0.5, 0.6) is 0 Å². The Morgan fingerprint density at radius 3 is 2.50 bits per heavy atom. The Bertz CT molecular complexity index is 44.8. The minimum Gasteiger partial charge on any atom is -0.324 e. The molecule has 0 aliphatic carbocycles. The Morgan fingerprint density at radius 2 is 2.50 bits per heavy atom. The summed E-state index contributed by atoms with van der Waals surface area (Å²) in [6.45, 7) is 3.46. The lowest BCUT2D eigenvalue weighted by atomic mass is 10.4. The van der Waals surface area contributed by atoms with Crippen molar-refractivity contribution < 1.29 is 0 Å². The molecule has 1 nitrogen and oxygen atoms in total. The Hall–Kier alpha value is 0.0500. The lowest BCUT2D eigenvalue weighted by Crippen LogP contribution is -2.17. The van der Waals surface area contributed by atoms with Crippen LogP contribution in [0, 0.1) is 0 Å². The molecule has 0 spiro atoms. The number of nitrogens with two attached hydrogens (primary N) is 1.